The quantitative estimate of drug-likeness (QED) is 0.785. The van der Waals surface area contributed by atoms with E-state index >= 15 is 0 Å². The van der Waals surface area contributed by atoms with Crippen LogP contribution in [-0.2, 0) is 20.6 Å². The first-order chi connectivity index (χ1) is 9.54. The van der Waals surface area contributed by atoms with Gasteiger partial charge in [-0.1, -0.05) is 6.42 Å². The van der Waals surface area contributed by atoms with Crippen molar-refractivity contribution < 1.29 is 5.11 Å². The molecule has 1 fully saturated rings. The standard InChI is InChI=1S/C14H23N3O3/c1-15-12(9-13(19)16(2)14(15)20)10-17(7-4-8-18)11-5-3-6-11/h9,11,18H,3-8,10H2,1-2H3. The van der Waals surface area contributed by atoms with Crippen molar-refractivity contribution in [2.45, 2.75) is 38.3 Å². The second kappa shape index (κ2) is 6.37. The highest BCUT2D eigenvalue weighted by Crippen LogP contribution is 2.26. The zero-order valence-electron chi connectivity index (χ0n) is 12.2. The zero-order chi connectivity index (χ0) is 14.7. The van der Waals surface area contributed by atoms with E-state index in [0.717, 1.165) is 36.1 Å². The molecule has 0 saturated heterocycles. The summed E-state index contributed by atoms with van der Waals surface area (Å²) in [7, 11) is 3.19. The molecule has 112 valence electrons. The van der Waals surface area contributed by atoms with Crippen LogP contribution in [0.15, 0.2) is 15.7 Å². The molecule has 6 heteroatoms. The van der Waals surface area contributed by atoms with Gasteiger partial charge in [0.2, 0.25) is 0 Å². The van der Waals surface area contributed by atoms with Gasteiger partial charge in [0.05, 0.1) is 0 Å². The minimum atomic E-state index is -0.289. The highest BCUT2D eigenvalue weighted by atomic mass is 16.3. The Kier molecular flexibility index (Phi) is 4.77. The lowest BCUT2D eigenvalue weighted by Gasteiger charge is -2.37. The summed E-state index contributed by atoms with van der Waals surface area (Å²) in [6.45, 7) is 1.55. The lowest BCUT2D eigenvalue weighted by molar-refractivity contribution is 0.106. The maximum absolute atomic E-state index is 11.9. The van der Waals surface area contributed by atoms with E-state index in [1.807, 2.05) is 0 Å². The van der Waals surface area contributed by atoms with Crippen molar-refractivity contribution in [2.75, 3.05) is 13.2 Å². The number of nitrogens with zero attached hydrogens (tertiary/aromatic N) is 3. The molecule has 1 saturated carbocycles. The lowest BCUT2D eigenvalue weighted by atomic mass is 9.91. The van der Waals surface area contributed by atoms with Crippen molar-refractivity contribution in [1.82, 2.24) is 14.0 Å². The molecule has 1 aliphatic carbocycles. The fraction of sp³-hybridized carbons (Fsp3) is 0.714. The highest BCUT2D eigenvalue weighted by Gasteiger charge is 2.25. The van der Waals surface area contributed by atoms with Crippen LogP contribution in [0.1, 0.15) is 31.4 Å². The van der Waals surface area contributed by atoms with E-state index in [9.17, 15) is 9.59 Å². The predicted octanol–water partition coefficient (Wildman–Crippen LogP) is -0.179. The van der Waals surface area contributed by atoms with Crippen molar-refractivity contribution in [2.24, 2.45) is 14.1 Å². The molecule has 0 unspecified atom stereocenters. The number of hydrogen-bond donors (Lipinski definition) is 1. The number of aromatic nitrogens is 2. The molecule has 1 aromatic heterocycles. The molecular weight excluding hydrogens is 258 g/mol. The summed E-state index contributed by atoms with van der Waals surface area (Å²) in [4.78, 5) is 26.0. The molecule has 0 atom stereocenters. The predicted molar refractivity (Wildman–Crippen MR) is 76.7 cm³/mol. The SMILES string of the molecule is Cn1c(CN(CCCO)C2CCC2)cc(=O)n(C)c1=O. The first-order valence-electron chi connectivity index (χ1n) is 7.15. The fourth-order valence-electron chi connectivity index (χ4n) is 2.55. The number of rotatable bonds is 6. The molecule has 20 heavy (non-hydrogen) atoms. The largest absolute Gasteiger partial charge is 0.396 e. The van der Waals surface area contributed by atoms with Crippen LogP contribution in [0.4, 0.5) is 0 Å². The second-order valence-electron chi connectivity index (χ2n) is 5.51. The molecule has 1 aliphatic rings. The molecule has 0 spiro atoms. The van der Waals surface area contributed by atoms with Gasteiger partial charge in [-0.3, -0.25) is 18.8 Å². The van der Waals surface area contributed by atoms with Gasteiger partial charge >= 0.3 is 5.69 Å². The smallest absolute Gasteiger partial charge is 0.330 e. The van der Waals surface area contributed by atoms with E-state index in [1.54, 1.807) is 7.05 Å². The van der Waals surface area contributed by atoms with Gasteiger partial charge in [0.25, 0.3) is 5.56 Å². The lowest BCUT2D eigenvalue weighted by Crippen LogP contribution is -2.44. The van der Waals surface area contributed by atoms with Gasteiger partial charge in [-0.25, -0.2) is 4.79 Å². The van der Waals surface area contributed by atoms with Gasteiger partial charge in [0, 0.05) is 51.6 Å². The summed E-state index contributed by atoms with van der Waals surface area (Å²) in [6.07, 6.45) is 4.26. The van der Waals surface area contributed by atoms with Crippen LogP contribution in [0.25, 0.3) is 0 Å². The Morgan fingerprint density at radius 2 is 2.00 bits per heavy atom. The minimum absolute atomic E-state index is 0.165. The Bertz CT molecular complexity index is 572. The Morgan fingerprint density at radius 3 is 2.55 bits per heavy atom. The number of aliphatic hydroxyl groups is 1. The molecule has 1 aromatic rings. The van der Waals surface area contributed by atoms with E-state index in [0.29, 0.717) is 12.6 Å². The molecule has 0 aromatic carbocycles. The minimum Gasteiger partial charge on any atom is -0.396 e. The summed E-state index contributed by atoms with van der Waals surface area (Å²) >= 11 is 0. The Morgan fingerprint density at radius 1 is 1.30 bits per heavy atom. The van der Waals surface area contributed by atoms with Crippen LogP contribution in [0.3, 0.4) is 0 Å². The van der Waals surface area contributed by atoms with Crippen LogP contribution in [-0.4, -0.2) is 38.3 Å². The molecular formula is C14H23N3O3. The first-order valence-corrected chi connectivity index (χ1v) is 7.15. The molecule has 2 rings (SSSR count). The normalized spacial score (nSPS) is 15.6. The van der Waals surface area contributed by atoms with Crippen LogP contribution in [0.2, 0.25) is 0 Å². The van der Waals surface area contributed by atoms with Crippen molar-refractivity contribution in [3.63, 3.8) is 0 Å². The average molecular weight is 281 g/mol. The van der Waals surface area contributed by atoms with Gasteiger partial charge < -0.3 is 5.11 Å². The second-order valence-corrected chi connectivity index (χ2v) is 5.51. The summed E-state index contributed by atoms with van der Waals surface area (Å²) in [5.74, 6) is 0. The van der Waals surface area contributed by atoms with E-state index in [-0.39, 0.29) is 17.9 Å². The molecule has 0 bridgehead atoms. The van der Waals surface area contributed by atoms with E-state index < -0.39 is 0 Å². The van der Waals surface area contributed by atoms with Crippen LogP contribution < -0.4 is 11.2 Å². The van der Waals surface area contributed by atoms with E-state index in [4.69, 9.17) is 5.11 Å². The van der Waals surface area contributed by atoms with Gasteiger partial charge in [0.1, 0.15) is 0 Å². The maximum Gasteiger partial charge on any atom is 0.330 e. The van der Waals surface area contributed by atoms with Gasteiger partial charge in [-0.05, 0) is 19.3 Å². The third-order valence-corrected chi connectivity index (χ3v) is 4.18. The fourth-order valence-corrected chi connectivity index (χ4v) is 2.55. The average Bonchev–Trinajstić information content (AvgIpc) is 2.37. The van der Waals surface area contributed by atoms with Crippen LogP contribution in [0.5, 0.6) is 0 Å². The van der Waals surface area contributed by atoms with Crippen molar-refractivity contribution in [1.29, 1.82) is 0 Å². The highest BCUT2D eigenvalue weighted by molar-refractivity contribution is 5.03. The van der Waals surface area contributed by atoms with Gasteiger partial charge in [-0.2, -0.15) is 0 Å². The zero-order valence-corrected chi connectivity index (χ0v) is 12.2. The van der Waals surface area contributed by atoms with Crippen LogP contribution >= 0.6 is 0 Å². The number of hydrogen-bond acceptors (Lipinski definition) is 4. The first kappa shape index (κ1) is 15.0. The summed E-state index contributed by atoms with van der Waals surface area (Å²) in [5.41, 5.74) is 0.185. The van der Waals surface area contributed by atoms with Gasteiger partial charge in [0.15, 0.2) is 0 Å². The van der Waals surface area contributed by atoms with Crippen molar-refractivity contribution >= 4 is 0 Å². The monoisotopic (exact) mass is 281 g/mol. The molecule has 0 amide bonds. The summed E-state index contributed by atoms with van der Waals surface area (Å²) in [6, 6.07) is 2.05. The van der Waals surface area contributed by atoms with Crippen molar-refractivity contribution in [3.8, 4) is 0 Å². The Balaban J connectivity index is 2.21. The number of aliphatic hydroxyl groups excluding tert-OH is 1. The molecule has 1 N–H and O–H groups in total. The summed E-state index contributed by atoms with van der Waals surface area (Å²) in [5, 5.41) is 9.00. The maximum atomic E-state index is 11.9. The van der Waals surface area contributed by atoms with E-state index in [1.165, 1.54) is 24.1 Å². The Labute approximate surface area is 118 Å². The van der Waals surface area contributed by atoms with Crippen LogP contribution in [0, 0.1) is 0 Å². The molecule has 1 heterocycles. The third kappa shape index (κ3) is 3.02. The molecule has 0 radical (unpaired) electrons. The topological polar surface area (TPSA) is 67.5 Å². The third-order valence-electron chi connectivity index (χ3n) is 4.18. The summed E-state index contributed by atoms with van der Waals surface area (Å²) < 4.78 is 2.65. The molecule has 0 aliphatic heterocycles. The van der Waals surface area contributed by atoms with E-state index in [2.05, 4.69) is 4.90 Å². The van der Waals surface area contributed by atoms with Gasteiger partial charge in [-0.15, -0.1) is 0 Å². The molecule has 6 nitrogen and oxygen atoms in total. The van der Waals surface area contributed by atoms with Crippen molar-refractivity contribution in [3.05, 3.63) is 32.6 Å². The Hall–Kier alpha value is -1.40.